The fraction of sp³-hybridized carbons (Fsp3) is 0.438. The van der Waals surface area contributed by atoms with Crippen LogP contribution in [0.5, 0.6) is 0 Å². The first kappa shape index (κ1) is 17.4. The first-order valence-corrected chi connectivity index (χ1v) is 9.15. The summed E-state index contributed by atoms with van der Waals surface area (Å²) in [6.45, 7) is 1.62. The molecule has 1 amide bonds. The van der Waals surface area contributed by atoms with Gasteiger partial charge in [0.05, 0.1) is 0 Å². The predicted molar refractivity (Wildman–Crippen MR) is 93.0 cm³/mol. The Hall–Kier alpha value is -2.42. The quantitative estimate of drug-likeness (QED) is 0.827. The minimum atomic E-state index is -1.21. The van der Waals surface area contributed by atoms with E-state index in [1.54, 1.807) is 18.7 Å². The van der Waals surface area contributed by atoms with Crippen molar-refractivity contribution >= 4 is 23.6 Å². The van der Waals surface area contributed by atoms with E-state index in [1.165, 1.54) is 4.80 Å². The van der Waals surface area contributed by atoms with Crippen LogP contribution in [-0.2, 0) is 9.59 Å². The summed E-state index contributed by atoms with van der Waals surface area (Å²) in [7, 11) is 0. The van der Waals surface area contributed by atoms with E-state index in [2.05, 4.69) is 20.7 Å². The van der Waals surface area contributed by atoms with Crippen LogP contribution < -0.4 is 5.32 Å². The highest BCUT2D eigenvalue weighted by Crippen LogP contribution is 2.28. The third-order valence-electron chi connectivity index (χ3n) is 4.30. The Kier molecular flexibility index (Phi) is 5.03. The highest BCUT2D eigenvalue weighted by atomic mass is 32.2. The molecule has 2 heterocycles. The van der Waals surface area contributed by atoms with Gasteiger partial charge in [-0.15, -0.1) is 10.2 Å². The zero-order valence-corrected chi connectivity index (χ0v) is 14.6. The smallest absolute Gasteiger partial charge is 0.329 e. The minimum Gasteiger partial charge on any atom is -0.480 e. The summed E-state index contributed by atoms with van der Waals surface area (Å²) >= 11 is 1.69. The highest BCUT2D eigenvalue weighted by Gasteiger charge is 2.42. The van der Waals surface area contributed by atoms with Gasteiger partial charge in [-0.05, 0) is 36.5 Å². The molecule has 1 aliphatic heterocycles. The zero-order valence-electron chi connectivity index (χ0n) is 13.8. The number of carbonyl (C=O) groups excluding carboxylic acids is 1. The lowest BCUT2D eigenvalue weighted by molar-refractivity contribution is -0.148. The predicted octanol–water partition coefficient (Wildman–Crippen LogP) is 1.37. The molecule has 1 aliphatic rings. The van der Waals surface area contributed by atoms with E-state index < -0.39 is 23.5 Å². The third kappa shape index (κ3) is 3.65. The zero-order chi connectivity index (χ0) is 17.9. The number of aliphatic carboxylic acids is 1. The molecule has 2 aromatic rings. The molecule has 1 aromatic heterocycles. The number of rotatable bonds is 5. The van der Waals surface area contributed by atoms with Gasteiger partial charge in [0.15, 0.2) is 0 Å². The molecule has 0 aliphatic carbocycles. The van der Waals surface area contributed by atoms with Gasteiger partial charge in [0, 0.05) is 5.56 Å². The van der Waals surface area contributed by atoms with E-state index in [1.807, 2.05) is 30.3 Å². The molecule has 1 fully saturated rings. The normalized spacial score (nSPS) is 17.6. The van der Waals surface area contributed by atoms with Gasteiger partial charge in [-0.1, -0.05) is 30.3 Å². The molecule has 1 saturated heterocycles. The second-order valence-corrected chi connectivity index (χ2v) is 7.19. The molecular weight excluding hydrogens is 342 g/mol. The molecule has 0 saturated carbocycles. The van der Waals surface area contributed by atoms with Gasteiger partial charge < -0.3 is 10.4 Å². The number of carboxylic acid groups (broad SMARTS) is 1. The molecule has 132 valence electrons. The molecule has 25 heavy (non-hydrogen) atoms. The lowest BCUT2D eigenvalue weighted by Gasteiger charge is -2.34. The van der Waals surface area contributed by atoms with Crippen molar-refractivity contribution in [2.24, 2.45) is 0 Å². The molecule has 0 spiro atoms. The topological polar surface area (TPSA) is 110 Å². The summed E-state index contributed by atoms with van der Waals surface area (Å²) in [5, 5.41) is 24.4. The lowest BCUT2D eigenvalue weighted by Crippen LogP contribution is -2.57. The van der Waals surface area contributed by atoms with Crippen LogP contribution in [-0.4, -0.2) is 54.2 Å². The number of benzene rings is 1. The number of hydrogen-bond acceptors (Lipinski definition) is 6. The molecule has 9 heteroatoms. The first-order chi connectivity index (χ1) is 12.0. The fourth-order valence-electron chi connectivity index (χ4n) is 2.65. The van der Waals surface area contributed by atoms with Crippen molar-refractivity contribution in [2.45, 2.75) is 31.3 Å². The molecule has 3 rings (SSSR count). The number of hydrogen-bond donors (Lipinski definition) is 2. The number of nitrogens with one attached hydrogen (secondary N) is 1. The maximum absolute atomic E-state index is 12.6. The Bertz CT molecular complexity index is 758. The van der Waals surface area contributed by atoms with Gasteiger partial charge in [0.2, 0.25) is 11.7 Å². The largest absolute Gasteiger partial charge is 0.480 e. The van der Waals surface area contributed by atoms with E-state index in [0.717, 1.165) is 5.56 Å². The molecule has 0 bridgehead atoms. The van der Waals surface area contributed by atoms with Gasteiger partial charge in [0.25, 0.3) is 0 Å². The standard InChI is InChI=1S/C16H19N5O3S/c1-11(14(22)17-16(15(23)24)7-9-25-10-8-16)21-19-13(18-20-21)12-5-3-2-4-6-12/h2-6,11H,7-10H2,1H3,(H,17,22)(H,23,24). The van der Waals surface area contributed by atoms with Crippen LogP contribution in [0.25, 0.3) is 11.4 Å². The Morgan fingerprint density at radius 3 is 2.60 bits per heavy atom. The summed E-state index contributed by atoms with van der Waals surface area (Å²) in [6.07, 6.45) is 0.816. The number of amides is 1. The maximum atomic E-state index is 12.6. The highest BCUT2D eigenvalue weighted by molar-refractivity contribution is 7.99. The maximum Gasteiger partial charge on any atom is 0.329 e. The van der Waals surface area contributed by atoms with Crippen molar-refractivity contribution < 1.29 is 14.7 Å². The third-order valence-corrected chi connectivity index (χ3v) is 5.29. The lowest BCUT2D eigenvalue weighted by atomic mass is 9.92. The second-order valence-electron chi connectivity index (χ2n) is 5.96. The average Bonchev–Trinajstić information content (AvgIpc) is 3.12. The van der Waals surface area contributed by atoms with Crippen LogP contribution in [0.1, 0.15) is 25.8 Å². The molecule has 1 atom stereocenters. The second kappa shape index (κ2) is 7.22. The molecule has 0 radical (unpaired) electrons. The monoisotopic (exact) mass is 361 g/mol. The Morgan fingerprint density at radius 2 is 1.96 bits per heavy atom. The van der Waals surface area contributed by atoms with E-state index in [0.29, 0.717) is 30.2 Å². The number of carboxylic acids is 1. The van der Waals surface area contributed by atoms with Crippen LogP contribution in [0.3, 0.4) is 0 Å². The van der Waals surface area contributed by atoms with E-state index >= 15 is 0 Å². The van der Waals surface area contributed by atoms with Crippen LogP contribution in [0.15, 0.2) is 30.3 Å². The first-order valence-electron chi connectivity index (χ1n) is 8.00. The fourth-order valence-corrected chi connectivity index (χ4v) is 3.84. The van der Waals surface area contributed by atoms with Crippen LogP contribution in [0.2, 0.25) is 0 Å². The van der Waals surface area contributed by atoms with E-state index in [4.69, 9.17) is 0 Å². The Labute approximate surface area is 149 Å². The van der Waals surface area contributed by atoms with Crippen molar-refractivity contribution in [1.29, 1.82) is 0 Å². The van der Waals surface area contributed by atoms with Gasteiger partial charge >= 0.3 is 5.97 Å². The number of tetrazole rings is 1. The molecular formula is C16H19N5O3S. The molecule has 8 nitrogen and oxygen atoms in total. The number of nitrogens with zero attached hydrogens (tertiary/aromatic N) is 4. The number of carbonyl (C=O) groups is 2. The Balaban J connectivity index is 1.74. The summed E-state index contributed by atoms with van der Waals surface area (Å²) in [4.78, 5) is 25.5. The molecule has 1 unspecified atom stereocenters. The van der Waals surface area contributed by atoms with Crippen LogP contribution in [0.4, 0.5) is 0 Å². The molecule has 2 N–H and O–H groups in total. The minimum absolute atomic E-state index is 0.408. The SMILES string of the molecule is CC(C(=O)NC1(C(=O)O)CCSCC1)n1nnc(-c2ccccc2)n1. The summed E-state index contributed by atoms with van der Waals surface area (Å²) in [6, 6.07) is 8.57. The molecule has 1 aromatic carbocycles. The van der Waals surface area contributed by atoms with Crippen LogP contribution >= 0.6 is 11.8 Å². The van der Waals surface area contributed by atoms with Gasteiger partial charge in [-0.2, -0.15) is 16.6 Å². The van der Waals surface area contributed by atoms with Crippen molar-refractivity contribution in [2.75, 3.05) is 11.5 Å². The average molecular weight is 361 g/mol. The van der Waals surface area contributed by atoms with Crippen molar-refractivity contribution in [3.63, 3.8) is 0 Å². The Morgan fingerprint density at radius 1 is 1.28 bits per heavy atom. The number of thioether (sulfide) groups is 1. The van der Waals surface area contributed by atoms with Crippen molar-refractivity contribution in [3.05, 3.63) is 30.3 Å². The summed E-state index contributed by atoms with van der Waals surface area (Å²) in [5.74, 6) is 0.417. The number of aromatic nitrogens is 4. The van der Waals surface area contributed by atoms with Crippen molar-refractivity contribution in [1.82, 2.24) is 25.5 Å². The van der Waals surface area contributed by atoms with Gasteiger partial charge in [-0.3, -0.25) is 4.79 Å². The summed E-state index contributed by atoms with van der Waals surface area (Å²) in [5.41, 5.74) is -0.410. The van der Waals surface area contributed by atoms with Crippen LogP contribution in [0, 0.1) is 0 Å². The summed E-state index contributed by atoms with van der Waals surface area (Å²) < 4.78 is 0. The van der Waals surface area contributed by atoms with E-state index in [9.17, 15) is 14.7 Å². The van der Waals surface area contributed by atoms with Crippen molar-refractivity contribution in [3.8, 4) is 11.4 Å². The van der Waals surface area contributed by atoms with Gasteiger partial charge in [-0.25, -0.2) is 4.79 Å². The van der Waals surface area contributed by atoms with Gasteiger partial charge in [0.1, 0.15) is 11.6 Å². The van der Waals surface area contributed by atoms with E-state index in [-0.39, 0.29) is 0 Å².